The number of aromatic hydroxyl groups is 1. The zero-order valence-corrected chi connectivity index (χ0v) is 13.9. The third-order valence-corrected chi connectivity index (χ3v) is 5.61. The van der Waals surface area contributed by atoms with Crippen LogP contribution >= 0.6 is 11.3 Å². The second-order valence-electron chi connectivity index (χ2n) is 5.98. The van der Waals surface area contributed by atoms with Crippen molar-refractivity contribution >= 4 is 22.1 Å². The molecule has 0 bridgehead atoms. The zero-order valence-electron chi connectivity index (χ0n) is 13.1. The van der Waals surface area contributed by atoms with Gasteiger partial charge in [-0.15, -0.1) is 11.3 Å². The molecule has 4 rings (SSSR count). The van der Waals surface area contributed by atoms with Crippen molar-refractivity contribution in [2.24, 2.45) is 0 Å². The lowest BCUT2D eigenvalue weighted by Crippen LogP contribution is -2.29. The normalized spacial score (nSPS) is 14.8. The average molecular weight is 325 g/mol. The van der Waals surface area contributed by atoms with Crippen molar-refractivity contribution in [3.63, 3.8) is 0 Å². The molecule has 0 amide bonds. The maximum Gasteiger partial charge on any atom is 0.120 e. The van der Waals surface area contributed by atoms with Gasteiger partial charge in [0.1, 0.15) is 11.5 Å². The van der Waals surface area contributed by atoms with Gasteiger partial charge in [-0.2, -0.15) is 0 Å². The van der Waals surface area contributed by atoms with E-state index < -0.39 is 0 Å². The van der Waals surface area contributed by atoms with Crippen LogP contribution < -0.4 is 4.74 Å². The van der Waals surface area contributed by atoms with Crippen LogP contribution in [0.4, 0.5) is 0 Å². The highest BCUT2D eigenvalue weighted by molar-refractivity contribution is 7.10. The number of thiophene rings is 1. The summed E-state index contributed by atoms with van der Waals surface area (Å²) in [6.45, 7) is 2.75. The predicted molar refractivity (Wildman–Crippen MR) is 94.3 cm³/mol. The van der Waals surface area contributed by atoms with E-state index in [0.29, 0.717) is 5.75 Å². The van der Waals surface area contributed by atoms with Crippen LogP contribution in [-0.4, -0.2) is 23.7 Å². The van der Waals surface area contributed by atoms with Crippen molar-refractivity contribution < 1.29 is 9.84 Å². The van der Waals surface area contributed by atoms with Crippen molar-refractivity contribution in [3.8, 4) is 11.5 Å². The number of ether oxygens (including phenoxy) is 1. The standard InChI is InChI=1S/C19H19NO2S/c1-22-15-4-2-13-3-5-18(21)17(16(13)10-15)12-20-8-6-19-14(11-20)7-9-23-19/h2-5,7,9-10,21H,6,8,11-12H2,1H3. The van der Waals surface area contributed by atoms with E-state index in [1.54, 1.807) is 13.2 Å². The van der Waals surface area contributed by atoms with Gasteiger partial charge in [0.25, 0.3) is 0 Å². The van der Waals surface area contributed by atoms with Crippen LogP contribution in [0.2, 0.25) is 0 Å². The summed E-state index contributed by atoms with van der Waals surface area (Å²) in [7, 11) is 1.67. The maximum absolute atomic E-state index is 10.4. The molecule has 2 aromatic carbocycles. The van der Waals surface area contributed by atoms with Gasteiger partial charge in [0, 0.05) is 30.1 Å². The summed E-state index contributed by atoms with van der Waals surface area (Å²) in [6.07, 6.45) is 1.10. The van der Waals surface area contributed by atoms with Crippen LogP contribution in [0.5, 0.6) is 11.5 Å². The number of methoxy groups -OCH3 is 1. The molecule has 0 unspecified atom stereocenters. The fraction of sp³-hybridized carbons (Fsp3) is 0.263. The Hall–Kier alpha value is -2.04. The monoisotopic (exact) mass is 325 g/mol. The minimum atomic E-state index is 0.363. The van der Waals surface area contributed by atoms with Crippen LogP contribution in [0.1, 0.15) is 16.0 Å². The fourth-order valence-electron chi connectivity index (χ4n) is 3.31. The van der Waals surface area contributed by atoms with Gasteiger partial charge in [-0.05, 0) is 52.4 Å². The SMILES string of the molecule is COc1ccc2ccc(O)c(CN3CCc4sccc4C3)c2c1. The number of rotatable bonds is 3. The molecule has 0 aliphatic carbocycles. The quantitative estimate of drug-likeness (QED) is 0.784. The highest BCUT2D eigenvalue weighted by atomic mass is 32.1. The predicted octanol–water partition coefficient (Wildman–Crippen LogP) is 4.17. The van der Waals surface area contributed by atoms with Crippen molar-refractivity contribution in [1.29, 1.82) is 0 Å². The van der Waals surface area contributed by atoms with E-state index in [-0.39, 0.29) is 0 Å². The Morgan fingerprint density at radius 2 is 2.09 bits per heavy atom. The molecule has 0 saturated heterocycles. The summed E-state index contributed by atoms with van der Waals surface area (Å²) < 4.78 is 5.35. The first-order valence-electron chi connectivity index (χ1n) is 7.81. The van der Waals surface area contributed by atoms with Crippen LogP contribution in [0.3, 0.4) is 0 Å². The molecule has 2 heterocycles. The van der Waals surface area contributed by atoms with Crippen LogP contribution in [0.25, 0.3) is 10.8 Å². The molecule has 1 N–H and O–H groups in total. The Balaban J connectivity index is 1.69. The molecule has 3 nitrogen and oxygen atoms in total. The van der Waals surface area contributed by atoms with E-state index in [4.69, 9.17) is 4.74 Å². The van der Waals surface area contributed by atoms with E-state index in [1.165, 1.54) is 10.4 Å². The molecule has 0 spiro atoms. The highest BCUT2D eigenvalue weighted by Crippen LogP contribution is 2.33. The van der Waals surface area contributed by atoms with Gasteiger partial charge in [-0.25, -0.2) is 0 Å². The molecule has 4 heteroatoms. The molecule has 118 valence electrons. The van der Waals surface area contributed by atoms with E-state index >= 15 is 0 Å². The summed E-state index contributed by atoms with van der Waals surface area (Å²) in [4.78, 5) is 3.91. The molecular formula is C19H19NO2S. The first kappa shape index (κ1) is 14.5. The van der Waals surface area contributed by atoms with Crippen LogP contribution in [-0.2, 0) is 19.5 Å². The van der Waals surface area contributed by atoms with Gasteiger partial charge in [-0.1, -0.05) is 12.1 Å². The van der Waals surface area contributed by atoms with Gasteiger partial charge >= 0.3 is 0 Å². The van der Waals surface area contributed by atoms with Crippen LogP contribution in [0.15, 0.2) is 41.8 Å². The minimum absolute atomic E-state index is 0.363. The molecule has 1 aromatic heterocycles. The minimum Gasteiger partial charge on any atom is -0.508 e. The Kier molecular flexibility index (Phi) is 3.71. The molecule has 23 heavy (non-hydrogen) atoms. The largest absolute Gasteiger partial charge is 0.508 e. The smallest absolute Gasteiger partial charge is 0.120 e. The Morgan fingerprint density at radius 1 is 1.22 bits per heavy atom. The van der Waals surface area contributed by atoms with Crippen molar-refractivity contribution in [2.45, 2.75) is 19.5 Å². The number of phenols is 1. The highest BCUT2D eigenvalue weighted by Gasteiger charge is 2.19. The summed E-state index contributed by atoms with van der Waals surface area (Å²) in [6, 6.07) is 12.0. The number of nitrogens with zero attached hydrogens (tertiary/aromatic N) is 1. The van der Waals surface area contributed by atoms with Gasteiger partial charge in [0.2, 0.25) is 0 Å². The number of hydrogen-bond acceptors (Lipinski definition) is 4. The van der Waals surface area contributed by atoms with E-state index in [2.05, 4.69) is 16.3 Å². The molecular weight excluding hydrogens is 306 g/mol. The molecule has 0 atom stereocenters. The van der Waals surface area contributed by atoms with Gasteiger partial charge < -0.3 is 9.84 Å². The first-order valence-corrected chi connectivity index (χ1v) is 8.69. The van der Waals surface area contributed by atoms with E-state index in [0.717, 1.165) is 48.1 Å². The van der Waals surface area contributed by atoms with E-state index in [9.17, 15) is 5.11 Å². The molecule has 0 saturated carbocycles. The maximum atomic E-state index is 10.4. The van der Waals surface area contributed by atoms with Gasteiger partial charge in [0.15, 0.2) is 0 Å². The van der Waals surface area contributed by atoms with Gasteiger partial charge in [0.05, 0.1) is 7.11 Å². The Morgan fingerprint density at radius 3 is 2.96 bits per heavy atom. The van der Waals surface area contributed by atoms with Crippen LogP contribution in [0, 0.1) is 0 Å². The van der Waals surface area contributed by atoms with Crippen molar-refractivity contribution in [1.82, 2.24) is 4.90 Å². The Labute approximate surface area is 139 Å². The zero-order chi connectivity index (χ0) is 15.8. The second-order valence-corrected chi connectivity index (χ2v) is 6.98. The first-order chi connectivity index (χ1) is 11.2. The lowest BCUT2D eigenvalue weighted by molar-refractivity contribution is 0.245. The summed E-state index contributed by atoms with van der Waals surface area (Å²) in [5.41, 5.74) is 2.42. The average Bonchev–Trinajstić information content (AvgIpc) is 3.04. The third-order valence-electron chi connectivity index (χ3n) is 4.58. The van der Waals surface area contributed by atoms with Gasteiger partial charge in [-0.3, -0.25) is 4.90 Å². The molecule has 1 aliphatic heterocycles. The molecule has 1 aliphatic rings. The fourth-order valence-corrected chi connectivity index (χ4v) is 4.20. The second kappa shape index (κ2) is 5.87. The lowest BCUT2D eigenvalue weighted by atomic mass is 10.0. The summed E-state index contributed by atoms with van der Waals surface area (Å²) in [5.74, 6) is 1.19. The lowest BCUT2D eigenvalue weighted by Gasteiger charge is -2.27. The van der Waals surface area contributed by atoms with Crippen molar-refractivity contribution in [3.05, 3.63) is 57.8 Å². The summed E-state index contributed by atoms with van der Waals surface area (Å²) >= 11 is 1.85. The van der Waals surface area contributed by atoms with E-state index in [1.807, 2.05) is 35.6 Å². The third kappa shape index (κ3) is 2.69. The number of fused-ring (bicyclic) bond motifs is 2. The Bertz CT molecular complexity index is 856. The molecule has 3 aromatic rings. The number of benzene rings is 2. The molecule has 0 fully saturated rings. The topological polar surface area (TPSA) is 32.7 Å². The number of phenolic OH excluding ortho intramolecular Hbond substituents is 1. The number of hydrogen-bond donors (Lipinski definition) is 1. The molecule has 0 radical (unpaired) electrons. The summed E-state index contributed by atoms with van der Waals surface area (Å²) in [5, 5.41) is 14.8. The van der Waals surface area contributed by atoms with Crippen molar-refractivity contribution in [2.75, 3.05) is 13.7 Å².